The van der Waals surface area contributed by atoms with Crippen LogP contribution in [0.15, 0.2) is 21.3 Å². The van der Waals surface area contributed by atoms with Crippen molar-refractivity contribution in [3.63, 3.8) is 0 Å². The molecule has 0 unspecified atom stereocenters. The summed E-state index contributed by atoms with van der Waals surface area (Å²) in [6, 6.07) is 1.95. The zero-order chi connectivity index (χ0) is 13.8. The number of carbonyl (C=O) groups excluding carboxylic acids is 1. The third-order valence-corrected chi connectivity index (χ3v) is 5.09. The van der Waals surface area contributed by atoms with Gasteiger partial charge in [0.2, 0.25) is 5.91 Å². The van der Waals surface area contributed by atoms with Gasteiger partial charge in [0.15, 0.2) is 5.82 Å². The lowest BCUT2D eigenvalue weighted by Gasteiger charge is -2.10. The van der Waals surface area contributed by atoms with Crippen LogP contribution in [0.1, 0.15) is 25.1 Å². The molecule has 2 aromatic heterocycles. The van der Waals surface area contributed by atoms with Crippen LogP contribution in [0.25, 0.3) is 11.5 Å². The highest BCUT2D eigenvalue weighted by Gasteiger charge is 2.22. The normalized spacial score (nSPS) is 19.6. The first kappa shape index (κ1) is 13.6. The quantitative estimate of drug-likeness (QED) is 0.940. The molecular weight excluding hydrogens is 294 g/mol. The molecular formula is C13H15N3O2S2. The smallest absolute Gasteiger partial charge is 0.258 e. The van der Waals surface area contributed by atoms with Gasteiger partial charge in [-0.15, -0.1) is 11.8 Å². The van der Waals surface area contributed by atoms with Crippen molar-refractivity contribution in [2.75, 3.05) is 6.54 Å². The van der Waals surface area contributed by atoms with E-state index in [0.717, 1.165) is 31.4 Å². The van der Waals surface area contributed by atoms with Crippen LogP contribution in [-0.4, -0.2) is 27.8 Å². The van der Waals surface area contributed by atoms with Crippen molar-refractivity contribution in [1.29, 1.82) is 0 Å². The number of amides is 1. The van der Waals surface area contributed by atoms with E-state index >= 15 is 0 Å². The first-order valence-electron chi connectivity index (χ1n) is 6.57. The summed E-state index contributed by atoms with van der Waals surface area (Å²) in [5.41, 5.74) is 0.950. The number of rotatable bonds is 4. The first-order chi connectivity index (χ1) is 9.83. The molecule has 0 radical (unpaired) electrons. The Morgan fingerprint density at radius 3 is 3.30 bits per heavy atom. The summed E-state index contributed by atoms with van der Waals surface area (Å²) in [7, 11) is 0. The van der Waals surface area contributed by atoms with Crippen molar-refractivity contribution >= 4 is 29.0 Å². The van der Waals surface area contributed by atoms with Crippen LogP contribution < -0.4 is 5.32 Å². The average Bonchev–Trinajstić information content (AvgIpc) is 3.08. The van der Waals surface area contributed by atoms with Gasteiger partial charge in [-0.3, -0.25) is 4.79 Å². The van der Waals surface area contributed by atoms with Crippen LogP contribution in [0.4, 0.5) is 0 Å². The third-order valence-electron chi connectivity index (χ3n) is 3.13. The summed E-state index contributed by atoms with van der Waals surface area (Å²) in [6.07, 6.45) is 3.07. The van der Waals surface area contributed by atoms with E-state index in [2.05, 4.69) is 15.5 Å². The molecule has 20 heavy (non-hydrogen) atoms. The molecule has 106 valence electrons. The highest BCUT2D eigenvalue weighted by Crippen LogP contribution is 2.25. The topological polar surface area (TPSA) is 68.0 Å². The number of thioether (sulfide) groups is 1. The molecule has 1 amide bonds. The Morgan fingerprint density at radius 1 is 1.50 bits per heavy atom. The van der Waals surface area contributed by atoms with Gasteiger partial charge in [0.25, 0.3) is 5.89 Å². The van der Waals surface area contributed by atoms with E-state index in [-0.39, 0.29) is 11.2 Å². The Kier molecular flexibility index (Phi) is 4.37. The molecule has 1 saturated heterocycles. The van der Waals surface area contributed by atoms with Crippen molar-refractivity contribution in [2.24, 2.45) is 0 Å². The lowest BCUT2D eigenvalue weighted by atomic mass is 10.2. The molecule has 0 aromatic carbocycles. The number of aromatic nitrogens is 2. The van der Waals surface area contributed by atoms with Crippen molar-refractivity contribution in [2.45, 2.75) is 30.3 Å². The zero-order valence-electron chi connectivity index (χ0n) is 10.9. The Hall–Kier alpha value is -1.34. The second-order valence-corrected chi connectivity index (χ2v) is 6.59. The minimum absolute atomic E-state index is 0.000553. The minimum atomic E-state index is 0.000553. The Morgan fingerprint density at radius 2 is 2.45 bits per heavy atom. The molecule has 3 heterocycles. The maximum absolute atomic E-state index is 11.8. The van der Waals surface area contributed by atoms with Gasteiger partial charge in [0, 0.05) is 11.9 Å². The fraction of sp³-hybridized carbons (Fsp3) is 0.462. The molecule has 1 aliphatic heterocycles. The molecule has 0 saturated carbocycles. The van der Waals surface area contributed by atoms with Crippen LogP contribution in [0.3, 0.4) is 0 Å². The molecule has 5 nitrogen and oxygen atoms in total. The lowest BCUT2D eigenvalue weighted by Crippen LogP contribution is -2.30. The van der Waals surface area contributed by atoms with Crippen LogP contribution in [0.5, 0.6) is 0 Å². The van der Waals surface area contributed by atoms with Gasteiger partial charge >= 0.3 is 0 Å². The second kappa shape index (κ2) is 6.41. The van der Waals surface area contributed by atoms with Gasteiger partial charge in [-0.05, 0) is 24.3 Å². The van der Waals surface area contributed by atoms with Crippen LogP contribution in [-0.2, 0) is 10.5 Å². The predicted molar refractivity (Wildman–Crippen MR) is 79.6 cm³/mol. The number of nitrogens with one attached hydrogen (secondary N) is 1. The first-order valence-corrected chi connectivity index (χ1v) is 8.56. The van der Waals surface area contributed by atoms with E-state index in [0.29, 0.717) is 17.5 Å². The molecule has 2 aromatic rings. The summed E-state index contributed by atoms with van der Waals surface area (Å²) in [5.74, 6) is 1.93. The van der Waals surface area contributed by atoms with Crippen molar-refractivity contribution in [3.05, 3.63) is 22.7 Å². The molecule has 3 rings (SSSR count). The lowest BCUT2D eigenvalue weighted by molar-refractivity contribution is -0.120. The van der Waals surface area contributed by atoms with Gasteiger partial charge in [-0.25, -0.2) is 0 Å². The number of nitrogens with zero attached hydrogens (tertiary/aromatic N) is 2. The predicted octanol–water partition coefficient (Wildman–Crippen LogP) is 2.70. The van der Waals surface area contributed by atoms with E-state index in [4.69, 9.17) is 4.52 Å². The summed E-state index contributed by atoms with van der Waals surface area (Å²) in [6.45, 7) is 0.792. The summed E-state index contributed by atoms with van der Waals surface area (Å²) in [4.78, 5) is 16.2. The molecule has 1 N–H and O–H groups in total. The summed E-state index contributed by atoms with van der Waals surface area (Å²) < 4.78 is 5.23. The van der Waals surface area contributed by atoms with Gasteiger partial charge in [-0.1, -0.05) is 11.6 Å². The average molecular weight is 309 g/mol. The molecule has 0 spiro atoms. The van der Waals surface area contributed by atoms with Gasteiger partial charge < -0.3 is 9.84 Å². The van der Waals surface area contributed by atoms with Gasteiger partial charge in [0.05, 0.1) is 16.6 Å². The van der Waals surface area contributed by atoms with E-state index in [1.807, 2.05) is 16.8 Å². The molecule has 7 heteroatoms. The second-order valence-electron chi connectivity index (χ2n) is 4.61. The highest BCUT2D eigenvalue weighted by atomic mass is 32.2. The molecule has 1 atom stereocenters. The number of thiophene rings is 1. The maximum atomic E-state index is 11.8. The number of hydrogen-bond acceptors (Lipinski definition) is 6. The standard InChI is InChI=1S/C13H15N3O2S2/c17-12-10(3-1-2-5-14-12)20-8-11-15-13(18-16-11)9-4-6-19-7-9/h4,6-7,10H,1-3,5,8H2,(H,14,17)/t10-/m1/s1. The Balaban J connectivity index is 1.59. The van der Waals surface area contributed by atoms with Crippen molar-refractivity contribution in [1.82, 2.24) is 15.5 Å². The van der Waals surface area contributed by atoms with E-state index in [1.165, 1.54) is 0 Å². The fourth-order valence-corrected chi connectivity index (χ4v) is 3.73. The summed E-state index contributed by atoms with van der Waals surface area (Å²) >= 11 is 3.18. The van der Waals surface area contributed by atoms with Crippen molar-refractivity contribution in [3.8, 4) is 11.5 Å². The van der Waals surface area contributed by atoms with Gasteiger partial charge in [-0.2, -0.15) is 16.3 Å². The van der Waals surface area contributed by atoms with Crippen LogP contribution in [0.2, 0.25) is 0 Å². The maximum Gasteiger partial charge on any atom is 0.258 e. The monoisotopic (exact) mass is 309 g/mol. The zero-order valence-corrected chi connectivity index (χ0v) is 12.5. The summed E-state index contributed by atoms with van der Waals surface area (Å²) in [5, 5.41) is 10.9. The van der Waals surface area contributed by atoms with E-state index < -0.39 is 0 Å². The number of carbonyl (C=O) groups is 1. The Bertz CT molecular complexity index is 568. The molecule has 0 aliphatic carbocycles. The SMILES string of the molecule is O=C1NCCCC[C@H]1SCc1noc(-c2ccsc2)n1. The largest absolute Gasteiger partial charge is 0.355 e. The fourth-order valence-electron chi connectivity index (χ4n) is 2.06. The van der Waals surface area contributed by atoms with Crippen LogP contribution >= 0.6 is 23.1 Å². The highest BCUT2D eigenvalue weighted by molar-refractivity contribution is 7.99. The molecule has 1 aliphatic rings. The minimum Gasteiger partial charge on any atom is -0.355 e. The van der Waals surface area contributed by atoms with Crippen LogP contribution in [0, 0.1) is 0 Å². The molecule has 1 fully saturated rings. The molecule has 0 bridgehead atoms. The van der Waals surface area contributed by atoms with Crippen molar-refractivity contribution < 1.29 is 9.32 Å². The third kappa shape index (κ3) is 3.21. The van der Waals surface area contributed by atoms with Gasteiger partial charge in [0.1, 0.15) is 0 Å². The Labute approximate surface area is 125 Å². The number of hydrogen-bond donors (Lipinski definition) is 1. The van der Waals surface area contributed by atoms with E-state index in [1.54, 1.807) is 23.1 Å². The van der Waals surface area contributed by atoms with E-state index in [9.17, 15) is 4.79 Å².